The topological polar surface area (TPSA) is 50.2 Å². The summed E-state index contributed by atoms with van der Waals surface area (Å²) in [5.41, 5.74) is 2.47. The minimum atomic E-state index is -1.02. The van der Waals surface area contributed by atoms with Crippen molar-refractivity contribution in [2.45, 2.75) is 19.3 Å². The van der Waals surface area contributed by atoms with Crippen LogP contribution >= 0.6 is 0 Å². The fourth-order valence-corrected chi connectivity index (χ4v) is 3.54. The van der Waals surface area contributed by atoms with E-state index in [0.29, 0.717) is 47.0 Å². The van der Waals surface area contributed by atoms with Crippen molar-refractivity contribution in [2.75, 3.05) is 0 Å². The van der Waals surface area contributed by atoms with Crippen LogP contribution in [0.2, 0.25) is 0 Å². The highest BCUT2D eigenvalue weighted by atomic mass is 19.1. The SMILES string of the molecule is O=C(O)c1c2c(nc3ccccc13)/C(=C/c1c(F)cccc1F)CCC2. The average molecular weight is 351 g/mol. The molecule has 0 fully saturated rings. The molecule has 4 rings (SSSR count). The standard InChI is InChI=1S/C21H15F2NO2/c22-16-8-4-9-17(23)15(16)11-12-5-3-7-14-19(21(25)26)13-6-1-2-10-18(13)24-20(12)14/h1-2,4,6,8-11H,3,5,7H2,(H,25,26)/b12-11+. The van der Waals surface area contributed by atoms with Gasteiger partial charge in [-0.25, -0.2) is 18.6 Å². The second kappa shape index (κ2) is 6.33. The molecule has 0 saturated carbocycles. The lowest BCUT2D eigenvalue weighted by Gasteiger charge is -2.21. The molecule has 1 aliphatic carbocycles. The molecule has 2 aromatic carbocycles. The normalized spacial score (nSPS) is 15.2. The molecule has 0 unspecified atom stereocenters. The Kier molecular flexibility index (Phi) is 3.99. The summed E-state index contributed by atoms with van der Waals surface area (Å²) in [4.78, 5) is 16.5. The summed E-state index contributed by atoms with van der Waals surface area (Å²) < 4.78 is 28.1. The highest BCUT2D eigenvalue weighted by Crippen LogP contribution is 2.36. The number of carboxylic acids is 1. The zero-order valence-electron chi connectivity index (χ0n) is 13.8. The van der Waals surface area contributed by atoms with Crippen LogP contribution in [0.4, 0.5) is 8.78 Å². The predicted octanol–water partition coefficient (Wildman–Crippen LogP) is 5.09. The van der Waals surface area contributed by atoms with Crippen LogP contribution in [-0.4, -0.2) is 16.1 Å². The Morgan fingerprint density at radius 2 is 1.77 bits per heavy atom. The van der Waals surface area contributed by atoms with Gasteiger partial charge < -0.3 is 5.11 Å². The summed E-state index contributed by atoms with van der Waals surface area (Å²) in [5.74, 6) is -2.31. The number of carboxylic acid groups (broad SMARTS) is 1. The number of rotatable bonds is 2. The first-order chi connectivity index (χ1) is 12.6. The third kappa shape index (κ3) is 2.65. The van der Waals surface area contributed by atoms with Crippen LogP contribution in [0.3, 0.4) is 0 Å². The molecule has 0 radical (unpaired) electrons. The van der Waals surface area contributed by atoms with Crippen molar-refractivity contribution >= 4 is 28.5 Å². The van der Waals surface area contributed by atoms with Crippen molar-refractivity contribution in [2.24, 2.45) is 0 Å². The van der Waals surface area contributed by atoms with Gasteiger partial charge in [0.1, 0.15) is 11.6 Å². The molecule has 0 amide bonds. The number of para-hydroxylation sites is 1. The maximum Gasteiger partial charge on any atom is 0.336 e. The van der Waals surface area contributed by atoms with Crippen LogP contribution in [0.25, 0.3) is 22.6 Å². The molecule has 3 aromatic rings. The third-order valence-electron chi connectivity index (χ3n) is 4.70. The van der Waals surface area contributed by atoms with Crippen molar-refractivity contribution in [3.8, 4) is 0 Å². The molecule has 1 N–H and O–H groups in total. The lowest BCUT2D eigenvalue weighted by atomic mass is 9.86. The number of fused-ring (bicyclic) bond motifs is 2. The summed E-state index contributed by atoms with van der Waals surface area (Å²) in [6, 6.07) is 10.8. The van der Waals surface area contributed by atoms with E-state index in [1.165, 1.54) is 24.3 Å². The Morgan fingerprint density at radius 3 is 2.50 bits per heavy atom. The Balaban J connectivity index is 2.00. The van der Waals surface area contributed by atoms with Crippen LogP contribution in [0.5, 0.6) is 0 Å². The number of nitrogens with zero attached hydrogens (tertiary/aromatic N) is 1. The Bertz CT molecular complexity index is 1050. The molecular weight excluding hydrogens is 336 g/mol. The van der Waals surface area contributed by atoms with Gasteiger partial charge in [0, 0.05) is 10.9 Å². The number of benzene rings is 2. The molecule has 1 aromatic heterocycles. The number of allylic oxidation sites excluding steroid dienone is 1. The summed E-state index contributed by atoms with van der Waals surface area (Å²) in [5, 5.41) is 10.3. The maximum absolute atomic E-state index is 14.0. The van der Waals surface area contributed by atoms with Gasteiger partial charge in [-0.3, -0.25) is 0 Å². The van der Waals surface area contributed by atoms with Gasteiger partial charge >= 0.3 is 5.97 Å². The maximum atomic E-state index is 14.0. The zero-order valence-corrected chi connectivity index (χ0v) is 13.8. The zero-order chi connectivity index (χ0) is 18.3. The van der Waals surface area contributed by atoms with Crippen LogP contribution in [0.15, 0.2) is 42.5 Å². The molecule has 0 aliphatic heterocycles. The van der Waals surface area contributed by atoms with Crippen LogP contribution in [0.1, 0.15) is 40.0 Å². The first-order valence-corrected chi connectivity index (χ1v) is 8.36. The number of hydrogen-bond donors (Lipinski definition) is 1. The minimum absolute atomic E-state index is 0.123. The minimum Gasteiger partial charge on any atom is -0.478 e. The van der Waals surface area contributed by atoms with E-state index in [-0.39, 0.29) is 11.1 Å². The van der Waals surface area contributed by atoms with E-state index in [9.17, 15) is 18.7 Å². The number of carbonyl (C=O) groups is 1. The van der Waals surface area contributed by atoms with Gasteiger partial charge in [-0.2, -0.15) is 0 Å². The smallest absolute Gasteiger partial charge is 0.336 e. The molecule has 1 aliphatic rings. The molecule has 0 spiro atoms. The number of aromatic nitrogens is 1. The Labute approximate surface area is 148 Å². The quantitative estimate of drug-likeness (QED) is 0.700. The van der Waals surface area contributed by atoms with E-state index in [0.717, 1.165) is 0 Å². The molecule has 0 atom stereocenters. The molecule has 3 nitrogen and oxygen atoms in total. The van der Waals surface area contributed by atoms with Crippen molar-refractivity contribution in [1.82, 2.24) is 4.98 Å². The van der Waals surface area contributed by atoms with Crippen LogP contribution in [0, 0.1) is 11.6 Å². The van der Waals surface area contributed by atoms with Gasteiger partial charge in [-0.05, 0) is 54.7 Å². The Hall–Kier alpha value is -3.08. The van der Waals surface area contributed by atoms with Gasteiger partial charge in [0.15, 0.2) is 0 Å². The number of hydrogen-bond acceptors (Lipinski definition) is 2. The molecule has 26 heavy (non-hydrogen) atoms. The molecule has 1 heterocycles. The van der Waals surface area contributed by atoms with Gasteiger partial charge in [-0.15, -0.1) is 0 Å². The molecular formula is C21H15F2NO2. The van der Waals surface area contributed by atoms with Crippen molar-refractivity contribution in [3.05, 3.63) is 76.5 Å². The third-order valence-corrected chi connectivity index (χ3v) is 4.70. The fraction of sp³-hybridized carbons (Fsp3) is 0.143. The van der Waals surface area contributed by atoms with E-state index >= 15 is 0 Å². The van der Waals surface area contributed by atoms with Gasteiger partial charge in [-0.1, -0.05) is 24.3 Å². The summed E-state index contributed by atoms with van der Waals surface area (Å²) in [7, 11) is 0. The van der Waals surface area contributed by atoms with Crippen LogP contribution < -0.4 is 0 Å². The highest BCUT2D eigenvalue weighted by molar-refractivity contribution is 6.05. The monoisotopic (exact) mass is 351 g/mol. The number of pyridine rings is 1. The van der Waals surface area contributed by atoms with Crippen LogP contribution in [-0.2, 0) is 6.42 Å². The molecule has 0 saturated heterocycles. The lowest BCUT2D eigenvalue weighted by Crippen LogP contribution is -2.13. The lowest BCUT2D eigenvalue weighted by molar-refractivity contribution is 0.0697. The van der Waals surface area contributed by atoms with Crippen molar-refractivity contribution in [3.63, 3.8) is 0 Å². The summed E-state index contributed by atoms with van der Waals surface area (Å²) in [6.07, 6.45) is 3.32. The van der Waals surface area contributed by atoms with Crippen molar-refractivity contribution < 1.29 is 18.7 Å². The molecule has 5 heteroatoms. The molecule has 130 valence electrons. The van der Waals surface area contributed by atoms with E-state index in [1.807, 2.05) is 0 Å². The largest absolute Gasteiger partial charge is 0.478 e. The van der Waals surface area contributed by atoms with E-state index in [1.54, 1.807) is 24.3 Å². The van der Waals surface area contributed by atoms with Gasteiger partial charge in [0.2, 0.25) is 0 Å². The average Bonchev–Trinajstić information content (AvgIpc) is 2.62. The number of halogens is 2. The van der Waals surface area contributed by atoms with Crippen molar-refractivity contribution in [1.29, 1.82) is 0 Å². The summed E-state index contributed by atoms with van der Waals surface area (Å²) >= 11 is 0. The van der Waals surface area contributed by atoms with E-state index in [2.05, 4.69) is 4.98 Å². The van der Waals surface area contributed by atoms with E-state index in [4.69, 9.17) is 0 Å². The Morgan fingerprint density at radius 1 is 1.04 bits per heavy atom. The second-order valence-corrected chi connectivity index (χ2v) is 6.29. The molecule has 0 bridgehead atoms. The van der Waals surface area contributed by atoms with Gasteiger partial charge in [0.05, 0.1) is 16.8 Å². The first kappa shape index (κ1) is 16.4. The van der Waals surface area contributed by atoms with Gasteiger partial charge in [0.25, 0.3) is 0 Å². The number of aromatic carboxylic acids is 1. The first-order valence-electron chi connectivity index (χ1n) is 8.36. The van der Waals surface area contributed by atoms with E-state index < -0.39 is 17.6 Å². The highest BCUT2D eigenvalue weighted by Gasteiger charge is 2.25. The second-order valence-electron chi connectivity index (χ2n) is 6.29. The fourth-order valence-electron chi connectivity index (χ4n) is 3.54. The predicted molar refractivity (Wildman–Crippen MR) is 95.9 cm³/mol. The summed E-state index contributed by atoms with van der Waals surface area (Å²) in [6.45, 7) is 0.